The Balaban J connectivity index is 3.63. The highest BCUT2D eigenvalue weighted by molar-refractivity contribution is 5.82. The van der Waals surface area contributed by atoms with Crippen LogP contribution in [0.1, 0.15) is 20.8 Å². The van der Waals surface area contributed by atoms with E-state index in [-0.39, 0.29) is 17.8 Å². The molecule has 0 aliphatic rings. The van der Waals surface area contributed by atoms with Crippen molar-refractivity contribution < 1.29 is 14.3 Å². The van der Waals surface area contributed by atoms with E-state index in [4.69, 9.17) is 0 Å². The number of amides is 1. The lowest BCUT2D eigenvalue weighted by molar-refractivity contribution is -0.137. The van der Waals surface area contributed by atoms with E-state index in [1.54, 1.807) is 13.0 Å². The van der Waals surface area contributed by atoms with Gasteiger partial charge in [0.2, 0.25) is 5.91 Å². The highest BCUT2D eigenvalue weighted by Gasteiger charge is 2.03. The first kappa shape index (κ1) is 12.7. The van der Waals surface area contributed by atoms with Gasteiger partial charge in [-0.1, -0.05) is 19.9 Å². The van der Waals surface area contributed by atoms with Crippen molar-refractivity contribution in [3.8, 4) is 0 Å². The van der Waals surface area contributed by atoms with Gasteiger partial charge in [0.15, 0.2) is 0 Å². The first-order chi connectivity index (χ1) is 6.57. The molecule has 14 heavy (non-hydrogen) atoms. The summed E-state index contributed by atoms with van der Waals surface area (Å²) in [7, 11) is 0. The number of carbonyl (C=O) groups is 2. The summed E-state index contributed by atoms with van der Waals surface area (Å²) in [6.45, 7) is 6.08. The van der Waals surface area contributed by atoms with Gasteiger partial charge in [-0.2, -0.15) is 0 Å². The molecule has 0 atom stereocenters. The van der Waals surface area contributed by atoms with Gasteiger partial charge in [0, 0.05) is 18.5 Å². The van der Waals surface area contributed by atoms with Gasteiger partial charge < -0.3 is 10.1 Å². The average molecular weight is 199 g/mol. The summed E-state index contributed by atoms with van der Waals surface area (Å²) in [5.74, 6) is -0.448. The van der Waals surface area contributed by atoms with Gasteiger partial charge in [0.25, 0.3) is 0 Å². The summed E-state index contributed by atoms with van der Waals surface area (Å²) in [4.78, 5) is 21.9. The van der Waals surface area contributed by atoms with Crippen LogP contribution < -0.4 is 5.32 Å². The predicted octanol–water partition coefficient (Wildman–Crippen LogP) is 0.878. The highest BCUT2D eigenvalue weighted by atomic mass is 16.5. The maximum Gasteiger partial charge on any atom is 0.330 e. The van der Waals surface area contributed by atoms with Crippen LogP contribution in [0, 0.1) is 5.92 Å². The Morgan fingerprint density at radius 2 is 2.07 bits per heavy atom. The number of esters is 1. The number of rotatable bonds is 5. The van der Waals surface area contributed by atoms with Crippen molar-refractivity contribution in [3.05, 3.63) is 12.2 Å². The third-order valence-corrected chi connectivity index (χ3v) is 1.46. The number of hydrogen-bond acceptors (Lipinski definition) is 3. The molecule has 0 unspecified atom stereocenters. The minimum Gasteiger partial charge on any atom is -0.463 e. The monoisotopic (exact) mass is 199 g/mol. The molecule has 0 aliphatic heterocycles. The maximum atomic E-state index is 11.1. The summed E-state index contributed by atoms with van der Waals surface area (Å²) in [5.41, 5.74) is 0. The van der Waals surface area contributed by atoms with Crippen LogP contribution in [0.4, 0.5) is 0 Å². The number of hydrogen-bond donors (Lipinski definition) is 1. The minimum absolute atomic E-state index is 0.0292. The largest absolute Gasteiger partial charge is 0.463 e. The number of carbonyl (C=O) groups excluding carboxylic acids is 2. The van der Waals surface area contributed by atoms with E-state index in [1.165, 1.54) is 6.08 Å². The Hall–Kier alpha value is -1.32. The van der Waals surface area contributed by atoms with Crippen molar-refractivity contribution in [1.82, 2.24) is 5.32 Å². The van der Waals surface area contributed by atoms with Gasteiger partial charge in [0.1, 0.15) is 0 Å². The molecule has 0 rings (SSSR count). The summed E-state index contributed by atoms with van der Waals surface area (Å²) < 4.78 is 4.66. The van der Waals surface area contributed by atoms with E-state index >= 15 is 0 Å². The van der Waals surface area contributed by atoms with Crippen molar-refractivity contribution in [2.75, 3.05) is 13.2 Å². The van der Waals surface area contributed by atoms with Crippen LogP contribution in [0.25, 0.3) is 0 Å². The number of ether oxygens (including phenoxy) is 1. The topological polar surface area (TPSA) is 55.4 Å². The fraction of sp³-hybridized carbons (Fsp3) is 0.600. The van der Waals surface area contributed by atoms with Gasteiger partial charge in [-0.3, -0.25) is 4.79 Å². The zero-order chi connectivity index (χ0) is 11.0. The van der Waals surface area contributed by atoms with Crippen molar-refractivity contribution in [2.24, 2.45) is 5.92 Å². The molecule has 0 spiro atoms. The lowest BCUT2D eigenvalue weighted by Crippen LogP contribution is -2.27. The molecule has 0 heterocycles. The molecule has 0 saturated carbocycles. The molecule has 0 aromatic heterocycles. The molecule has 0 aromatic rings. The Labute approximate surface area is 84.3 Å². The Bertz CT molecular complexity index is 221. The predicted molar refractivity (Wildman–Crippen MR) is 53.6 cm³/mol. The van der Waals surface area contributed by atoms with Gasteiger partial charge >= 0.3 is 5.97 Å². The fourth-order valence-corrected chi connectivity index (χ4v) is 0.709. The van der Waals surface area contributed by atoms with Gasteiger partial charge in [0.05, 0.1) is 6.61 Å². The molecule has 80 valence electrons. The maximum absolute atomic E-state index is 11.1. The van der Waals surface area contributed by atoms with Crippen LogP contribution in [-0.4, -0.2) is 25.0 Å². The summed E-state index contributed by atoms with van der Waals surface area (Å²) in [5, 5.41) is 2.65. The molecular formula is C10H17NO3. The van der Waals surface area contributed by atoms with Crippen molar-refractivity contribution >= 4 is 11.9 Å². The summed E-state index contributed by atoms with van der Waals surface area (Å²) >= 11 is 0. The van der Waals surface area contributed by atoms with Gasteiger partial charge in [-0.15, -0.1) is 0 Å². The molecular weight excluding hydrogens is 182 g/mol. The molecule has 0 aliphatic carbocycles. The Morgan fingerprint density at radius 3 is 2.57 bits per heavy atom. The molecule has 0 bridgehead atoms. The van der Waals surface area contributed by atoms with E-state index in [0.29, 0.717) is 13.2 Å². The third-order valence-electron chi connectivity index (χ3n) is 1.46. The lowest BCUT2D eigenvalue weighted by Gasteiger charge is -2.03. The lowest BCUT2D eigenvalue weighted by atomic mass is 10.2. The SMILES string of the molecule is CCOC(=O)/C=C/CNC(=O)C(C)C. The van der Waals surface area contributed by atoms with E-state index in [0.717, 1.165) is 0 Å². The first-order valence-corrected chi connectivity index (χ1v) is 4.69. The van der Waals surface area contributed by atoms with Crippen LogP contribution >= 0.6 is 0 Å². The average Bonchev–Trinajstić information content (AvgIpc) is 2.12. The fourth-order valence-electron chi connectivity index (χ4n) is 0.709. The second kappa shape index (κ2) is 7.12. The highest BCUT2D eigenvalue weighted by Crippen LogP contribution is 1.89. The Morgan fingerprint density at radius 1 is 1.43 bits per heavy atom. The molecule has 0 aromatic carbocycles. The van der Waals surface area contributed by atoms with Crippen LogP contribution in [-0.2, 0) is 14.3 Å². The second-order valence-corrected chi connectivity index (χ2v) is 3.05. The molecule has 0 radical (unpaired) electrons. The van der Waals surface area contributed by atoms with E-state index in [2.05, 4.69) is 10.1 Å². The van der Waals surface area contributed by atoms with E-state index in [1.807, 2.05) is 13.8 Å². The van der Waals surface area contributed by atoms with Crippen LogP contribution in [0.5, 0.6) is 0 Å². The third kappa shape index (κ3) is 6.22. The first-order valence-electron chi connectivity index (χ1n) is 4.69. The molecule has 0 fully saturated rings. The number of nitrogens with one attached hydrogen (secondary N) is 1. The quantitative estimate of drug-likeness (QED) is 0.528. The normalized spacial score (nSPS) is 10.6. The molecule has 4 heteroatoms. The molecule has 1 N–H and O–H groups in total. The smallest absolute Gasteiger partial charge is 0.330 e. The van der Waals surface area contributed by atoms with E-state index in [9.17, 15) is 9.59 Å². The molecule has 0 saturated heterocycles. The molecule has 4 nitrogen and oxygen atoms in total. The van der Waals surface area contributed by atoms with E-state index < -0.39 is 0 Å². The minimum atomic E-state index is -0.383. The molecule has 1 amide bonds. The van der Waals surface area contributed by atoms with Crippen LogP contribution in [0.2, 0.25) is 0 Å². The van der Waals surface area contributed by atoms with Gasteiger partial charge in [-0.25, -0.2) is 4.79 Å². The van der Waals surface area contributed by atoms with Gasteiger partial charge in [-0.05, 0) is 6.92 Å². The standard InChI is InChI=1S/C10H17NO3/c1-4-14-9(12)6-5-7-11-10(13)8(2)3/h5-6,8H,4,7H2,1-3H3,(H,11,13)/b6-5+. The Kier molecular flexibility index (Phi) is 6.45. The van der Waals surface area contributed by atoms with Crippen molar-refractivity contribution in [3.63, 3.8) is 0 Å². The second-order valence-electron chi connectivity index (χ2n) is 3.05. The summed E-state index contributed by atoms with van der Waals surface area (Å²) in [6.07, 6.45) is 2.88. The van der Waals surface area contributed by atoms with Crippen LogP contribution in [0.15, 0.2) is 12.2 Å². The van der Waals surface area contributed by atoms with Crippen LogP contribution in [0.3, 0.4) is 0 Å². The summed E-state index contributed by atoms with van der Waals surface area (Å²) in [6, 6.07) is 0. The zero-order valence-electron chi connectivity index (χ0n) is 8.87. The zero-order valence-corrected chi connectivity index (χ0v) is 8.87. The van der Waals surface area contributed by atoms with Crippen molar-refractivity contribution in [1.29, 1.82) is 0 Å². The van der Waals surface area contributed by atoms with Crippen molar-refractivity contribution in [2.45, 2.75) is 20.8 Å².